The van der Waals surface area contributed by atoms with Crippen LogP contribution in [0.1, 0.15) is 12.8 Å². The van der Waals surface area contributed by atoms with E-state index >= 15 is 0 Å². The van der Waals surface area contributed by atoms with E-state index in [2.05, 4.69) is 17.1 Å². The van der Waals surface area contributed by atoms with Crippen LogP contribution in [0.25, 0.3) is 0 Å². The van der Waals surface area contributed by atoms with Crippen LogP contribution in [0.4, 0.5) is 0 Å². The summed E-state index contributed by atoms with van der Waals surface area (Å²) >= 11 is 2.10. The molecule has 0 bridgehead atoms. The molecular formula is C6H11NS. The van der Waals surface area contributed by atoms with Crippen molar-refractivity contribution in [1.29, 1.82) is 0 Å². The fraction of sp³-hybridized carbons (Fsp3) is 1.00. The average molecular weight is 129 g/mol. The molecule has 1 heterocycles. The fourth-order valence-corrected chi connectivity index (χ4v) is 2.42. The van der Waals surface area contributed by atoms with Crippen molar-refractivity contribution in [2.75, 3.05) is 12.3 Å². The first-order valence-electron chi connectivity index (χ1n) is 3.32. The van der Waals surface area contributed by atoms with Crippen LogP contribution in [0.5, 0.6) is 0 Å². The summed E-state index contributed by atoms with van der Waals surface area (Å²) in [5.41, 5.74) is 0. The lowest BCUT2D eigenvalue weighted by Crippen LogP contribution is -2.20. The molecule has 1 nitrogen and oxygen atoms in total. The van der Waals surface area contributed by atoms with Crippen molar-refractivity contribution in [3.63, 3.8) is 0 Å². The van der Waals surface area contributed by atoms with Gasteiger partial charge in [0.15, 0.2) is 0 Å². The van der Waals surface area contributed by atoms with Gasteiger partial charge in [-0.05, 0) is 18.8 Å². The van der Waals surface area contributed by atoms with Gasteiger partial charge < -0.3 is 5.32 Å². The van der Waals surface area contributed by atoms with Gasteiger partial charge in [-0.2, -0.15) is 0 Å². The Labute approximate surface area is 54.2 Å². The monoisotopic (exact) mass is 129 g/mol. The van der Waals surface area contributed by atoms with Crippen LogP contribution in [0.3, 0.4) is 0 Å². The Morgan fingerprint density at radius 2 is 2.25 bits per heavy atom. The van der Waals surface area contributed by atoms with Crippen molar-refractivity contribution in [1.82, 2.24) is 5.32 Å². The van der Waals surface area contributed by atoms with Crippen LogP contribution in [-0.2, 0) is 0 Å². The van der Waals surface area contributed by atoms with Gasteiger partial charge in [-0.1, -0.05) is 0 Å². The molecule has 1 saturated heterocycles. The van der Waals surface area contributed by atoms with Crippen LogP contribution < -0.4 is 5.32 Å². The first-order valence-corrected chi connectivity index (χ1v) is 4.37. The predicted molar refractivity (Wildman–Crippen MR) is 37.0 cm³/mol. The summed E-state index contributed by atoms with van der Waals surface area (Å²) in [4.78, 5) is 0. The molecule has 0 aromatic carbocycles. The zero-order valence-corrected chi connectivity index (χ0v) is 5.71. The number of thioether (sulfide) groups is 1. The highest BCUT2D eigenvalue weighted by molar-refractivity contribution is 8.00. The minimum Gasteiger partial charge on any atom is -0.304 e. The van der Waals surface area contributed by atoms with E-state index < -0.39 is 0 Å². The Morgan fingerprint density at radius 3 is 2.75 bits per heavy atom. The van der Waals surface area contributed by atoms with Gasteiger partial charge in [0, 0.05) is 12.3 Å². The molecule has 1 aliphatic carbocycles. The zero-order chi connectivity index (χ0) is 5.40. The van der Waals surface area contributed by atoms with Crippen molar-refractivity contribution in [2.24, 2.45) is 5.92 Å². The quantitative estimate of drug-likeness (QED) is 0.568. The van der Waals surface area contributed by atoms with Crippen LogP contribution in [0, 0.1) is 5.92 Å². The van der Waals surface area contributed by atoms with Crippen molar-refractivity contribution >= 4 is 11.8 Å². The van der Waals surface area contributed by atoms with Gasteiger partial charge in [0.25, 0.3) is 0 Å². The van der Waals surface area contributed by atoms with Crippen molar-refractivity contribution in [2.45, 2.75) is 18.2 Å². The third-order valence-corrected chi connectivity index (χ3v) is 3.15. The smallest absolute Gasteiger partial charge is 0.0561 e. The van der Waals surface area contributed by atoms with Crippen molar-refractivity contribution in [3.05, 3.63) is 0 Å². The first-order chi connectivity index (χ1) is 3.97. The molecule has 46 valence electrons. The highest BCUT2D eigenvalue weighted by Gasteiger charge is 2.32. The van der Waals surface area contributed by atoms with E-state index in [1.165, 1.54) is 25.1 Å². The van der Waals surface area contributed by atoms with Gasteiger partial charge in [-0.25, -0.2) is 0 Å². The molecule has 1 unspecified atom stereocenters. The fourth-order valence-electron chi connectivity index (χ4n) is 1.15. The van der Waals surface area contributed by atoms with E-state index in [0.29, 0.717) is 0 Å². The summed E-state index contributed by atoms with van der Waals surface area (Å²) in [6.07, 6.45) is 2.95. The van der Waals surface area contributed by atoms with Crippen LogP contribution >= 0.6 is 11.8 Å². The Morgan fingerprint density at radius 1 is 1.38 bits per heavy atom. The van der Waals surface area contributed by atoms with E-state index in [4.69, 9.17) is 0 Å². The van der Waals surface area contributed by atoms with Crippen molar-refractivity contribution in [3.8, 4) is 0 Å². The molecule has 2 aliphatic rings. The minimum absolute atomic E-state index is 0.843. The van der Waals surface area contributed by atoms with E-state index in [-0.39, 0.29) is 0 Å². The van der Waals surface area contributed by atoms with Gasteiger partial charge in [-0.15, -0.1) is 11.8 Å². The standard InChI is InChI=1S/C6H11NS/c1-2-5(1)6-7-3-4-8-6/h5-7H,1-4H2. The molecular weight excluding hydrogens is 118 g/mol. The van der Waals surface area contributed by atoms with E-state index in [1.54, 1.807) is 0 Å². The predicted octanol–water partition coefficient (Wildman–Crippen LogP) is 1.06. The highest BCUT2D eigenvalue weighted by atomic mass is 32.2. The number of hydrogen-bond donors (Lipinski definition) is 1. The molecule has 2 heteroatoms. The second-order valence-corrected chi connectivity index (χ2v) is 3.83. The summed E-state index contributed by atoms with van der Waals surface area (Å²) < 4.78 is 0. The summed E-state index contributed by atoms with van der Waals surface area (Å²) in [6.45, 7) is 1.24. The molecule has 1 aliphatic heterocycles. The van der Waals surface area contributed by atoms with Crippen LogP contribution in [0.15, 0.2) is 0 Å². The molecule has 1 atom stereocenters. The zero-order valence-electron chi connectivity index (χ0n) is 4.89. The Hall–Kier alpha value is 0.310. The molecule has 2 rings (SSSR count). The molecule has 1 N–H and O–H groups in total. The van der Waals surface area contributed by atoms with E-state index in [0.717, 1.165) is 11.3 Å². The summed E-state index contributed by atoms with van der Waals surface area (Å²) in [6, 6.07) is 0. The van der Waals surface area contributed by atoms with Crippen molar-refractivity contribution < 1.29 is 0 Å². The minimum atomic E-state index is 0.843. The maximum absolute atomic E-state index is 3.48. The Kier molecular flexibility index (Phi) is 1.23. The normalized spacial score (nSPS) is 38.2. The van der Waals surface area contributed by atoms with Crippen LogP contribution in [-0.4, -0.2) is 17.7 Å². The molecule has 0 radical (unpaired) electrons. The molecule has 0 aromatic heterocycles. The molecule has 2 fully saturated rings. The molecule has 0 spiro atoms. The molecule has 0 amide bonds. The second-order valence-electron chi connectivity index (χ2n) is 2.58. The first kappa shape index (κ1) is 5.12. The number of hydrogen-bond acceptors (Lipinski definition) is 2. The summed E-state index contributed by atoms with van der Waals surface area (Å²) in [5, 5.41) is 4.32. The molecule has 0 aromatic rings. The molecule has 1 saturated carbocycles. The summed E-state index contributed by atoms with van der Waals surface area (Å²) in [5.74, 6) is 2.38. The SMILES string of the molecule is C1CSC(C2CC2)N1. The average Bonchev–Trinajstić information content (AvgIpc) is 2.49. The van der Waals surface area contributed by atoms with Gasteiger partial charge in [0.1, 0.15) is 0 Å². The summed E-state index contributed by atoms with van der Waals surface area (Å²) in [7, 11) is 0. The van der Waals surface area contributed by atoms with Crippen LogP contribution in [0.2, 0.25) is 0 Å². The Balaban J connectivity index is 1.86. The van der Waals surface area contributed by atoms with E-state index in [9.17, 15) is 0 Å². The lowest BCUT2D eigenvalue weighted by Gasteiger charge is -2.04. The highest BCUT2D eigenvalue weighted by Crippen LogP contribution is 2.38. The third kappa shape index (κ3) is 0.869. The Bertz CT molecular complexity index is 84.5. The van der Waals surface area contributed by atoms with Gasteiger partial charge >= 0.3 is 0 Å². The number of nitrogens with one attached hydrogen (secondary N) is 1. The largest absolute Gasteiger partial charge is 0.304 e. The van der Waals surface area contributed by atoms with Gasteiger partial charge in [0.05, 0.1) is 5.37 Å². The van der Waals surface area contributed by atoms with Gasteiger partial charge in [0.2, 0.25) is 0 Å². The third-order valence-electron chi connectivity index (χ3n) is 1.80. The number of rotatable bonds is 1. The molecule has 8 heavy (non-hydrogen) atoms. The maximum Gasteiger partial charge on any atom is 0.0561 e. The topological polar surface area (TPSA) is 12.0 Å². The van der Waals surface area contributed by atoms with E-state index in [1.807, 2.05) is 0 Å². The van der Waals surface area contributed by atoms with Gasteiger partial charge in [-0.3, -0.25) is 0 Å². The lowest BCUT2D eigenvalue weighted by atomic mass is 10.4. The lowest BCUT2D eigenvalue weighted by molar-refractivity contribution is 0.646. The second kappa shape index (κ2) is 1.92. The maximum atomic E-state index is 3.48.